The van der Waals surface area contributed by atoms with Gasteiger partial charge >= 0.3 is 0 Å². The lowest BCUT2D eigenvalue weighted by Crippen LogP contribution is -2.07. The van der Waals surface area contributed by atoms with Crippen LogP contribution < -0.4 is 5.32 Å². The second-order valence-corrected chi connectivity index (χ2v) is 4.59. The Morgan fingerprint density at radius 1 is 1.26 bits per heavy atom. The Hall–Kier alpha value is -2.30. The third-order valence-electron chi connectivity index (χ3n) is 2.91. The molecule has 1 aromatic heterocycles. The topological polar surface area (TPSA) is 68.3 Å². The van der Waals surface area contributed by atoms with E-state index in [0.29, 0.717) is 5.69 Å². The molecule has 0 aliphatic rings. The van der Waals surface area contributed by atoms with Gasteiger partial charge in [-0.1, -0.05) is 6.07 Å². The van der Waals surface area contributed by atoms with Gasteiger partial charge < -0.3 is 9.73 Å². The highest BCUT2D eigenvalue weighted by Gasteiger charge is 2.17. The average molecular weight is 260 g/mol. The Kier molecular flexibility index (Phi) is 3.55. The molecule has 0 saturated carbocycles. The molecule has 1 atom stereocenters. The molecular formula is C14H16N2O3. The van der Waals surface area contributed by atoms with Crippen LogP contribution in [-0.4, -0.2) is 4.92 Å². The highest BCUT2D eigenvalue weighted by Crippen LogP contribution is 2.29. The maximum absolute atomic E-state index is 11.0. The predicted octanol–water partition coefficient (Wildman–Crippen LogP) is 3.98. The minimum absolute atomic E-state index is 0.0788. The van der Waals surface area contributed by atoms with Crippen LogP contribution in [0.5, 0.6) is 0 Å². The fourth-order valence-electron chi connectivity index (χ4n) is 1.91. The summed E-state index contributed by atoms with van der Waals surface area (Å²) in [7, 11) is 0. The van der Waals surface area contributed by atoms with Gasteiger partial charge in [-0.25, -0.2) is 0 Å². The van der Waals surface area contributed by atoms with Gasteiger partial charge in [0.1, 0.15) is 17.2 Å². The SMILES string of the molecule is Cc1ccc(NC(C)c2ccc(C)o2)c([N+](=O)[O-])c1. The quantitative estimate of drug-likeness (QED) is 0.667. The Morgan fingerprint density at radius 2 is 2.00 bits per heavy atom. The molecule has 1 heterocycles. The first kappa shape index (κ1) is 13.1. The van der Waals surface area contributed by atoms with Crippen molar-refractivity contribution >= 4 is 11.4 Å². The number of furan rings is 1. The van der Waals surface area contributed by atoms with E-state index in [4.69, 9.17) is 4.42 Å². The van der Waals surface area contributed by atoms with Crippen molar-refractivity contribution in [2.75, 3.05) is 5.32 Å². The smallest absolute Gasteiger partial charge is 0.292 e. The summed E-state index contributed by atoms with van der Waals surface area (Å²) in [6, 6.07) is 8.73. The Morgan fingerprint density at radius 3 is 2.58 bits per heavy atom. The molecule has 0 bridgehead atoms. The van der Waals surface area contributed by atoms with E-state index in [1.807, 2.05) is 39.0 Å². The maximum atomic E-state index is 11.0. The molecule has 1 N–H and O–H groups in total. The maximum Gasteiger partial charge on any atom is 0.292 e. The molecule has 5 heteroatoms. The van der Waals surface area contributed by atoms with E-state index < -0.39 is 0 Å². The summed E-state index contributed by atoms with van der Waals surface area (Å²) in [6.07, 6.45) is 0. The molecule has 5 nitrogen and oxygen atoms in total. The number of rotatable bonds is 4. The van der Waals surface area contributed by atoms with Gasteiger partial charge in [0.25, 0.3) is 5.69 Å². The van der Waals surface area contributed by atoms with E-state index in [1.54, 1.807) is 12.1 Å². The number of nitrogens with zero attached hydrogens (tertiary/aromatic N) is 1. The van der Waals surface area contributed by atoms with Crippen LogP contribution in [0.15, 0.2) is 34.7 Å². The predicted molar refractivity (Wildman–Crippen MR) is 73.3 cm³/mol. The van der Waals surface area contributed by atoms with Crippen molar-refractivity contribution in [1.82, 2.24) is 0 Å². The Labute approximate surface area is 111 Å². The lowest BCUT2D eigenvalue weighted by atomic mass is 10.1. The summed E-state index contributed by atoms with van der Waals surface area (Å²) >= 11 is 0. The zero-order valence-electron chi connectivity index (χ0n) is 11.1. The second-order valence-electron chi connectivity index (χ2n) is 4.59. The average Bonchev–Trinajstić information content (AvgIpc) is 2.78. The van der Waals surface area contributed by atoms with Crippen LogP contribution in [0.1, 0.15) is 30.0 Å². The molecule has 0 saturated heterocycles. The van der Waals surface area contributed by atoms with Crippen molar-refractivity contribution in [3.8, 4) is 0 Å². The number of nitro groups is 1. The third kappa shape index (κ3) is 2.93. The molecule has 0 spiro atoms. The van der Waals surface area contributed by atoms with Gasteiger partial charge in [-0.3, -0.25) is 10.1 Å². The number of aryl methyl sites for hydroxylation is 2. The van der Waals surface area contributed by atoms with E-state index in [-0.39, 0.29) is 16.7 Å². The highest BCUT2D eigenvalue weighted by atomic mass is 16.6. The number of hydrogen-bond donors (Lipinski definition) is 1. The summed E-state index contributed by atoms with van der Waals surface area (Å²) in [5.74, 6) is 1.58. The molecule has 0 fully saturated rings. The van der Waals surface area contributed by atoms with Gasteiger partial charge in [0, 0.05) is 6.07 Å². The second kappa shape index (κ2) is 5.14. The van der Waals surface area contributed by atoms with Crippen molar-refractivity contribution in [3.05, 3.63) is 57.5 Å². The zero-order valence-corrected chi connectivity index (χ0v) is 11.1. The third-order valence-corrected chi connectivity index (χ3v) is 2.91. The normalized spacial score (nSPS) is 12.2. The lowest BCUT2D eigenvalue weighted by Gasteiger charge is -2.13. The Bertz CT molecular complexity index is 604. The standard InChI is InChI=1S/C14H16N2O3/c1-9-4-6-12(13(8-9)16(17)18)15-11(3)14-7-5-10(2)19-14/h4-8,11,15H,1-3H3. The van der Waals surface area contributed by atoms with Crippen molar-refractivity contribution in [1.29, 1.82) is 0 Å². The van der Waals surface area contributed by atoms with Crippen LogP contribution in [-0.2, 0) is 0 Å². The van der Waals surface area contributed by atoms with Crippen LogP contribution in [0.25, 0.3) is 0 Å². The summed E-state index contributed by atoms with van der Waals surface area (Å²) in [4.78, 5) is 10.7. The highest BCUT2D eigenvalue weighted by molar-refractivity contribution is 5.63. The molecule has 0 aliphatic carbocycles. The molecule has 19 heavy (non-hydrogen) atoms. The largest absolute Gasteiger partial charge is 0.464 e. The summed E-state index contributed by atoms with van der Waals surface area (Å²) in [6.45, 7) is 5.60. The molecule has 2 rings (SSSR count). The number of benzene rings is 1. The van der Waals surface area contributed by atoms with Crippen molar-refractivity contribution < 1.29 is 9.34 Å². The molecular weight excluding hydrogens is 244 g/mol. The number of hydrogen-bond acceptors (Lipinski definition) is 4. The van der Waals surface area contributed by atoms with Crippen LogP contribution in [0.3, 0.4) is 0 Å². The molecule has 1 aromatic carbocycles. The monoisotopic (exact) mass is 260 g/mol. The van der Waals surface area contributed by atoms with Gasteiger partial charge in [-0.15, -0.1) is 0 Å². The van der Waals surface area contributed by atoms with Crippen LogP contribution in [0.4, 0.5) is 11.4 Å². The number of anilines is 1. The summed E-state index contributed by atoms with van der Waals surface area (Å²) in [5.41, 5.74) is 1.44. The van der Waals surface area contributed by atoms with Crippen molar-refractivity contribution in [3.63, 3.8) is 0 Å². The summed E-state index contributed by atoms with van der Waals surface area (Å²) < 4.78 is 5.51. The van der Waals surface area contributed by atoms with Gasteiger partial charge in [0.2, 0.25) is 0 Å². The van der Waals surface area contributed by atoms with Gasteiger partial charge in [0.05, 0.1) is 11.0 Å². The Balaban J connectivity index is 2.26. The molecule has 1 unspecified atom stereocenters. The van der Waals surface area contributed by atoms with Crippen LogP contribution in [0, 0.1) is 24.0 Å². The van der Waals surface area contributed by atoms with Gasteiger partial charge in [0.15, 0.2) is 0 Å². The molecule has 2 aromatic rings. The van der Waals surface area contributed by atoms with E-state index in [1.165, 1.54) is 0 Å². The first-order valence-corrected chi connectivity index (χ1v) is 6.05. The van der Waals surface area contributed by atoms with E-state index >= 15 is 0 Å². The fourth-order valence-corrected chi connectivity index (χ4v) is 1.91. The first-order valence-electron chi connectivity index (χ1n) is 6.05. The number of nitro benzene ring substituents is 1. The van der Waals surface area contributed by atoms with Crippen molar-refractivity contribution in [2.24, 2.45) is 0 Å². The first-order chi connectivity index (χ1) is 8.97. The molecule has 100 valence electrons. The molecule has 0 radical (unpaired) electrons. The zero-order chi connectivity index (χ0) is 14.0. The van der Waals surface area contributed by atoms with Crippen molar-refractivity contribution in [2.45, 2.75) is 26.8 Å². The fraction of sp³-hybridized carbons (Fsp3) is 0.286. The molecule has 0 amide bonds. The van der Waals surface area contributed by atoms with Gasteiger partial charge in [-0.2, -0.15) is 0 Å². The lowest BCUT2D eigenvalue weighted by molar-refractivity contribution is -0.384. The summed E-state index contributed by atoms with van der Waals surface area (Å²) in [5, 5.41) is 14.2. The minimum atomic E-state index is -0.380. The van der Waals surface area contributed by atoms with Gasteiger partial charge in [-0.05, 0) is 44.5 Å². The van der Waals surface area contributed by atoms with Crippen LogP contribution in [0.2, 0.25) is 0 Å². The van der Waals surface area contributed by atoms with E-state index in [9.17, 15) is 10.1 Å². The molecule has 0 aliphatic heterocycles. The van der Waals surface area contributed by atoms with Crippen LogP contribution >= 0.6 is 0 Å². The number of nitrogens with one attached hydrogen (secondary N) is 1. The minimum Gasteiger partial charge on any atom is -0.464 e. The van der Waals surface area contributed by atoms with E-state index in [2.05, 4.69) is 5.32 Å². The van der Waals surface area contributed by atoms with E-state index in [0.717, 1.165) is 17.1 Å².